The number of halogens is 3. The minimum atomic E-state index is -4.42. The quantitative estimate of drug-likeness (QED) is 0.478. The molecule has 0 bridgehead atoms. The van der Waals surface area contributed by atoms with E-state index < -0.39 is 24.2 Å². The van der Waals surface area contributed by atoms with Gasteiger partial charge in [-0.25, -0.2) is 4.68 Å². The van der Waals surface area contributed by atoms with E-state index in [1.807, 2.05) is 0 Å². The summed E-state index contributed by atoms with van der Waals surface area (Å²) in [5.74, 6) is 0.297. The fourth-order valence-electron chi connectivity index (χ4n) is 5.21. The first kappa shape index (κ1) is 23.9. The zero-order valence-electron chi connectivity index (χ0n) is 19.6. The lowest BCUT2D eigenvalue weighted by atomic mass is 9.82. The van der Waals surface area contributed by atoms with E-state index >= 15 is 0 Å². The van der Waals surface area contributed by atoms with E-state index in [1.165, 1.54) is 24.3 Å². The highest BCUT2D eigenvalue weighted by Gasteiger charge is 2.47. The molecule has 1 spiro atoms. The Labute approximate surface area is 213 Å². The first-order chi connectivity index (χ1) is 17.7. The number of aryl methyl sites for hydroxylation is 2. The maximum Gasteiger partial charge on any atom is 0.422 e. The Morgan fingerprint density at radius 1 is 1.32 bits per heavy atom. The lowest BCUT2D eigenvalue weighted by Crippen LogP contribution is -2.49. The molecule has 0 radical (unpaired) electrons. The molecule has 1 aliphatic heterocycles. The molecule has 1 atom stereocenters. The first-order valence-electron chi connectivity index (χ1n) is 12.0. The summed E-state index contributed by atoms with van der Waals surface area (Å²) < 4.78 is 48.0. The summed E-state index contributed by atoms with van der Waals surface area (Å²) in [7, 11) is 0. The van der Waals surface area contributed by atoms with E-state index in [0.29, 0.717) is 48.8 Å². The topological polar surface area (TPSA) is 111 Å². The SMILES string of the molecule is O=C(Nc1c2c(nn1CCC1CC1)C[C@]1(CCc3cc(OCC(F)(F)F)ccc31)NC2=O)c1csnn1. The molecule has 3 heterocycles. The monoisotopic (exact) mass is 532 g/mol. The van der Waals surface area contributed by atoms with Crippen LogP contribution in [-0.2, 0) is 24.9 Å². The highest BCUT2D eigenvalue weighted by atomic mass is 32.1. The minimum absolute atomic E-state index is 0.141. The van der Waals surface area contributed by atoms with Crippen molar-refractivity contribution in [2.24, 2.45) is 5.92 Å². The molecule has 0 unspecified atom stereocenters. The number of benzene rings is 1. The number of rotatable bonds is 7. The molecule has 1 fully saturated rings. The number of nitrogens with zero attached hydrogens (tertiary/aromatic N) is 4. The van der Waals surface area contributed by atoms with Crippen LogP contribution in [0.2, 0.25) is 0 Å². The molecule has 1 saturated carbocycles. The van der Waals surface area contributed by atoms with E-state index in [0.717, 1.165) is 29.1 Å². The van der Waals surface area contributed by atoms with Crippen molar-refractivity contribution in [3.63, 3.8) is 0 Å². The third kappa shape index (κ3) is 4.67. The van der Waals surface area contributed by atoms with Crippen LogP contribution in [0.4, 0.5) is 19.0 Å². The van der Waals surface area contributed by atoms with Gasteiger partial charge in [-0.1, -0.05) is 23.4 Å². The van der Waals surface area contributed by atoms with Crippen molar-refractivity contribution < 1.29 is 27.5 Å². The van der Waals surface area contributed by atoms with E-state index in [2.05, 4.69) is 20.2 Å². The molecule has 13 heteroatoms. The minimum Gasteiger partial charge on any atom is -0.484 e. The first-order valence-corrected chi connectivity index (χ1v) is 12.9. The molecule has 3 aromatic rings. The van der Waals surface area contributed by atoms with Gasteiger partial charge < -0.3 is 15.4 Å². The smallest absolute Gasteiger partial charge is 0.422 e. The van der Waals surface area contributed by atoms with Gasteiger partial charge >= 0.3 is 6.18 Å². The van der Waals surface area contributed by atoms with Crippen LogP contribution < -0.4 is 15.4 Å². The zero-order valence-corrected chi connectivity index (χ0v) is 20.4. The fourth-order valence-corrected chi connectivity index (χ4v) is 5.65. The van der Waals surface area contributed by atoms with Crippen molar-refractivity contribution in [2.45, 2.75) is 56.8 Å². The Hall–Kier alpha value is -3.48. The number of ether oxygens (including phenoxy) is 1. The molecular formula is C24H23F3N6O3S. The van der Waals surface area contributed by atoms with Crippen LogP contribution in [0.1, 0.15) is 63.4 Å². The van der Waals surface area contributed by atoms with Crippen LogP contribution in [0.3, 0.4) is 0 Å². The average Bonchev–Trinajstić information content (AvgIpc) is 3.23. The number of hydrogen-bond donors (Lipinski definition) is 2. The van der Waals surface area contributed by atoms with Crippen molar-refractivity contribution in [3.8, 4) is 5.75 Å². The molecule has 1 aromatic carbocycles. The number of carbonyl (C=O) groups is 2. The number of carbonyl (C=O) groups excluding carboxylic acids is 2. The Kier molecular flexibility index (Phi) is 5.70. The average molecular weight is 533 g/mol. The van der Waals surface area contributed by atoms with E-state index in [-0.39, 0.29) is 17.4 Å². The second-order valence-electron chi connectivity index (χ2n) is 9.81. The molecule has 2 N–H and O–H groups in total. The highest BCUT2D eigenvalue weighted by molar-refractivity contribution is 7.03. The molecule has 3 aliphatic rings. The van der Waals surface area contributed by atoms with Crippen LogP contribution in [0.25, 0.3) is 0 Å². The van der Waals surface area contributed by atoms with Crippen molar-refractivity contribution in [1.29, 1.82) is 0 Å². The van der Waals surface area contributed by atoms with E-state index in [4.69, 9.17) is 9.84 Å². The predicted molar refractivity (Wildman–Crippen MR) is 127 cm³/mol. The number of aromatic nitrogens is 4. The van der Waals surface area contributed by atoms with Crippen LogP contribution in [0.15, 0.2) is 23.6 Å². The summed E-state index contributed by atoms with van der Waals surface area (Å²) in [5.41, 5.74) is 2.03. The number of hydrogen-bond acceptors (Lipinski definition) is 7. The lowest BCUT2D eigenvalue weighted by Gasteiger charge is -2.35. The fraction of sp³-hybridized carbons (Fsp3) is 0.458. The van der Waals surface area contributed by atoms with Crippen molar-refractivity contribution in [3.05, 3.63) is 51.7 Å². The van der Waals surface area contributed by atoms with Gasteiger partial charge in [-0.05, 0) is 60.0 Å². The van der Waals surface area contributed by atoms with Gasteiger partial charge in [0.2, 0.25) is 0 Å². The third-order valence-corrected chi connectivity index (χ3v) is 7.67. The largest absolute Gasteiger partial charge is 0.484 e. The normalized spacial score (nSPS) is 20.5. The molecule has 37 heavy (non-hydrogen) atoms. The zero-order chi connectivity index (χ0) is 25.8. The van der Waals surface area contributed by atoms with Crippen LogP contribution in [0, 0.1) is 5.92 Å². The summed E-state index contributed by atoms with van der Waals surface area (Å²) >= 11 is 1.06. The van der Waals surface area contributed by atoms with Gasteiger partial charge in [0.15, 0.2) is 12.3 Å². The molecule has 6 rings (SSSR count). The second-order valence-corrected chi connectivity index (χ2v) is 10.4. The lowest BCUT2D eigenvalue weighted by molar-refractivity contribution is -0.153. The van der Waals surface area contributed by atoms with Crippen LogP contribution in [-0.4, -0.2) is 44.0 Å². The van der Waals surface area contributed by atoms with E-state index in [1.54, 1.807) is 16.8 Å². The number of alkyl halides is 3. The van der Waals surface area contributed by atoms with Gasteiger partial charge in [-0.15, -0.1) is 5.10 Å². The van der Waals surface area contributed by atoms with E-state index in [9.17, 15) is 22.8 Å². The molecule has 194 valence electrons. The van der Waals surface area contributed by atoms with Crippen molar-refractivity contribution >= 4 is 29.2 Å². The number of nitrogens with one attached hydrogen (secondary N) is 2. The van der Waals surface area contributed by atoms with Gasteiger partial charge in [-0.2, -0.15) is 18.3 Å². The Bertz CT molecular complexity index is 1370. The molecule has 2 aromatic heterocycles. The summed E-state index contributed by atoms with van der Waals surface area (Å²) in [6, 6.07) is 4.84. The predicted octanol–water partition coefficient (Wildman–Crippen LogP) is 3.86. The Balaban J connectivity index is 1.30. The van der Waals surface area contributed by atoms with Gasteiger partial charge in [0.05, 0.1) is 11.2 Å². The number of fused-ring (bicyclic) bond motifs is 3. The van der Waals surface area contributed by atoms with Gasteiger partial charge in [-0.3, -0.25) is 9.59 Å². The number of amides is 2. The van der Waals surface area contributed by atoms with Crippen molar-refractivity contribution in [1.82, 2.24) is 24.7 Å². The third-order valence-electron chi connectivity index (χ3n) is 7.16. The molecule has 9 nitrogen and oxygen atoms in total. The van der Waals surface area contributed by atoms with Gasteiger partial charge in [0.1, 0.15) is 17.1 Å². The highest BCUT2D eigenvalue weighted by Crippen LogP contribution is 2.44. The Morgan fingerprint density at radius 2 is 2.16 bits per heavy atom. The summed E-state index contributed by atoms with van der Waals surface area (Å²) in [6.07, 6.45) is 0.383. The maximum absolute atomic E-state index is 13.5. The van der Waals surface area contributed by atoms with Crippen LogP contribution in [0.5, 0.6) is 5.75 Å². The maximum atomic E-state index is 13.5. The van der Waals surface area contributed by atoms with Gasteiger partial charge in [0.25, 0.3) is 11.8 Å². The summed E-state index contributed by atoms with van der Waals surface area (Å²) in [6.45, 7) is -0.792. The molecule has 2 amide bonds. The standard InChI is InChI=1S/C24H23F3N6O3S/c25-24(26,27)12-36-15-3-4-16-14(9-15)5-7-23(16)10-17-19(22(35)29-23)20(28-21(34)18-11-37-32-30-18)33(31-17)8-6-13-1-2-13/h3-4,9,11,13H,1-2,5-8,10,12H2,(H,28,34)(H,29,35)/t23-/m0/s1. The summed E-state index contributed by atoms with van der Waals surface area (Å²) in [5, 5.41) is 16.1. The van der Waals surface area contributed by atoms with Crippen LogP contribution >= 0.6 is 11.5 Å². The molecular weight excluding hydrogens is 509 g/mol. The summed E-state index contributed by atoms with van der Waals surface area (Å²) in [4.78, 5) is 26.3. The van der Waals surface area contributed by atoms with Crippen molar-refractivity contribution in [2.75, 3.05) is 11.9 Å². The Morgan fingerprint density at radius 3 is 2.89 bits per heavy atom. The van der Waals surface area contributed by atoms with Gasteiger partial charge in [0, 0.05) is 18.3 Å². The number of anilines is 1. The molecule has 2 aliphatic carbocycles. The molecule has 0 saturated heterocycles. The second kappa shape index (κ2) is 8.82.